The van der Waals surface area contributed by atoms with Crippen LogP contribution in [0.4, 0.5) is 30.2 Å². The van der Waals surface area contributed by atoms with E-state index in [0.29, 0.717) is 11.8 Å². The van der Waals surface area contributed by atoms with Crippen molar-refractivity contribution in [1.82, 2.24) is 0 Å². The van der Waals surface area contributed by atoms with Crippen LogP contribution in [-0.4, -0.2) is 14.6 Å². The molecule has 102 valence electrons. The molecule has 1 aliphatic heterocycles. The number of rotatable bonds is 3. The Labute approximate surface area is 118 Å². The first kappa shape index (κ1) is 13.1. The Kier molecular flexibility index (Phi) is 3.46. The van der Waals surface area contributed by atoms with Gasteiger partial charge in [-0.3, -0.25) is 0 Å². The molecule has 0 saturated carbocycles. The van der Waals surface area contributed by atoms with Crippen molar-refractivity contribution in [2.24, 2.45) is 7.92 Å². The van der Waals surface area contributed by atoms with Crippen LogP contribution in [0.5, 0.6) is 0 Å². The van der Waals surface area contributed by atoms with Gasteiger partial charge < -0.3 is 0 Å². The van der Waals surface area contributed by atoms with Gasteiger partial charge in [-0.25, -0.2) is 0 Å². The van der Waals surface area contributed by atoms with Crippen molar-refractivity contribution in [3.63, 3.8) is 0 Å². The van der Waals surface area contributed by atoms with Gasteiger partial charge in [-0.1, -0.05) is 0 Å². The van der Waals surface area contributed by atoms with Gasteiger partial charge in [-0.05, 0) is 0 Å². The van der Waals surface area contributed by atoms with Crippen molar-refractivity contribution >= 4 is 31.6 Å². The van der Waals surface area contributed by atoms with Crippen LogP contribution >= 0.6 is 0 Å². The summed E-state index contributed by atoms with van der Waals surface area (Å²) in [5.41, 5.74) is 2.29. The summed E-state index contributed by atoms with van der Waals surface area (Å²) in [6.45, 7) is 0.0437. The Morgan fingerprint density at radius 3 is 2.65 bits per heavy atom. The van der Waals surface area contributed by atoms with E-state index in [1.807, 2.05) is 12.1 Å². The van der Waals surface area contributed by atoms with Crippen LogP contribution < -0.4 is 5.32 Å². The predicted molar refractivity (Wildman–Crippen MR) is 70.0 cm³/mol. The van der Waals surface area contributed by atoms with Crippen LogP contribution in [-0.2, 0) is 6.54 Å². The zero-order chi connectivity index (χ0) is 14.1. The molecule has 0 fully saturated rings. The standard InChI is InChI=1S/C13H8F3N3Se/c14-8-5-10(16)9(15)4-7(8)6-17-11-2-1-3-12-13(11)19-20-18-12/h1-5,17H,6H2. The second-order valence-electron chi connectivity index (χ2n) is 4.15. The maximum atomic E-state index is 13.5. The number of nitrogens with one attached hydrogen (secondary N) is 1. The average molecular weight is 342 g/mol. The summed E-state index contributed by atoms with van der Waals surface area (Å²) in [7, 11) is 0. The Hall–Kier alpha value is -1.85. The van der Waals surface area contributed by atoms with Gasteiger partial charge in [0, 0.05) is 0 Å². The van der Waals surface area contributed by atoms with Gasteiger partial charge in [0.05, 0.1) is 0 Å². The van der Waals surface area contributed by atoms with Gasteiger partial charge in [0.2, 0.25) is 0 Å². The molecule has 0 aromatic heterocycles. The minimum atomic E-state index is -1.19. The molecule has 2 aromatic rings. The third-order valence-corrected chi connectivity index (χ3v) is 3.98. The van der Waals surface area contributed by atoms with Crippen LogP contribution in [0.1, 0.15) is 5.56 Å². The molecule has 2 aromatic carbocycles. The molecule has 0 spiro atoms. The quantitative estimate of drug-likeness (QED) is 0.566. The molecular weight excluding hydrogens is 334 g/mol. The summed E-state index contributed by atoms with van der Waals surface area (Å²) in [4.78, 5) is 0. The van der Waals surface area contributed by atoms with E-state index in [-0.39, 0.29) is 26.7 Å². The first-order valence-corrected chi connectivity index (χ1v) is 7.27. The van der Waals surface area contributed by atoms with Crippen molar-refractivity contribution in [2.75, 3.05) is 5.32 Å². The summed E-state index contributed by atoms with van der Waals surface area (Å²) < 4.78 is 48.0. The monoisotopic (exact) mass is 343 g/mol. The van der Waals surface area contributed by atoms with Gasteiger partial charge in [0.15, 0.2) is 0 Å². The van der Waals surface area contributed by atoms with Gasteiger partial charge in [-0.15, -0.1) is 0 Å². The normalized spacial score (nSPS) is 12.2. The molecule has 1 aliphatic rings. The number of hydrogen-bond acceptors (Lipinski definition) is 3. The van der Waals surface area contributed by atoms with E-state index in [9.17, 15) is 13.2 Å². The third-order valence-electron chi connectivity index (χ3n) is 2.84. The SMILES string of the molecule is Fc1cc(F)c(CNc2cccc3c2N=[Se]=N3)cc1F. The van der Waals surface area contributed by atoms with E-state index in [0.717, 1.165) is 17.4 Å². The number of nitrogens with zero attached hydrogens (tertiary/aromatic N) is 2. The fourth-order valence-electron chi connectivity index (χ4n) is 1.84. The van der Waals surface area contributed by atoms with Crippen molar-refractivity contribution in [3.05, 3.63) is 53.3 Å². The van der Waals surface area contributed by atoms with E-state index in [4.69, 9.17) is 0 Å². The van der Waals surface area contributed by atoms with Crippen molar-refractivity contribution < 1.29 is 13.2 Å². The molecule has 7 heteroatoms. The maximum absolute atomic E-state index is 13.5. The molecule has 0 radical (unpaired) electrons. The number of benzene rings is 2. The Balaban J connectivity index is 1.83. The molecule has 0 atom stereocenters. The molecular formula is C13H8F3N3Se. The minimum absolute atomic E-state index is 0.0437. The molecule has 0 unspecified atom stereocenters. The summed E-state index contributed by atoms with van der Waals surface area (Å²) in [5, 5.41) is 2.98. The molecule has 1 heterocycles. The number of anilines is 1. The first-order chi connectivity index (χ1) is 9.65. The van der Waals surface area contributed by atoms with E-state index >= 15 is 0 Å². The van der Waals surface area contributed by atoms with E-state index in [1.165, 1.54) is 0 Å². The van der Waals surface area contributed by atoms with Gasteiger partial charge in [-0.2, -0.15) is 0 Å². The fourth-order valence-corrected chi connectivity index (χ4v) is 2.99. The van der Waals surface area contributed by atoms with Crippen LogP contribution in [0.3, 0.4) is 0 Å². The number of hydrogen-bond donors (Lipinski definition) is 1. The predicted octanol–water partition coefficient (Wildman–Crippen LogP) is 4.06. The Bertz CT molecular complexity index is 755. The summed E-state index contributed by atoms with van der Waals surface area (Å²) in [6.07, 6.45) is 0. The Morgan fingerprint density at radius 1 is 1.00 bits per heavy atom. The molecule has 0 bridgehead atoms. The Morgan fingerprint density at radius 2 is 1.80 bits per heavy atom. The molecule has 0 aliphatic carbocycles. The fraction of sp³-hybridized carbons (Fsp3) is 0.0769. The second kappa shape index (κ2) is 5.26. The molecule has 0 amide bonds. The van der Waals surface area contributed by atoms with Crippen molar-refractivity contribution in [2.45, 2.75) is 6.54 Å². The molecule has 1 N–H and O–H groups in total. The summed E-state index contributed by atoms with van der Waals surface area (Å²) >= 11 is -0.159. The van der Waals surface area contributed by atoms with Crippen LogP contribution in [0.25, 0.3) is 0 Å². The van der Waals surface area contributed by atoms with E-state index in [1.54, 1.807) is 6.07 Å². The van der Waals surface area contributed by atoms with Crippen molar-refractivity contribution in [3.8, 4) is 0 Å². The molecule has 3 rings (SSSR count). The second-order valence-corrected chi connectivity index (χ2v) is 5.26. The van der Waals surface area contributed by atoms with Gasteiger partial charge >= 0.3 is 118 Å². The molecule has 20 heavy (non-hydrogen) atoms. The first-order valence-electron chi connectivity index (χ1n) is 5.74. The molecule has 3 nitrogen and oxygen atoms in total. The number of halogens is 3. The molecule has 0 saturated heterocycles. The third kappa shape index (κ3) is 2.42. The zero-order valence-corrected chi connectivity index (χ0v) is 11.7. The number of fused-ring (bicyclic) bond motifs is 1. The van der Waals surface area contributed by atoms with Crippen LogP contribution in [0.15, 0.2) is 38.3 Å². The van der Waals surface area contributed by atoms with Crippen LogP contribution in [0, 0.1) is 17.5 Å². The topological polar surface area (TPSA) is 36.8 Å². The zero-order valence-electron chi connectivity index (χ0n) is 10.0. The van der Waals surface area contributed by atoms with Crippen LogP contribution in [0.2, 0.25) is 0 Å². The van der Waals surface area contributed by atoms with E-state index in [2.05, 4.69) is 13.2 Å². The average Bonchev–Trinajstić information content (AvgIpc) is 2.90. The van der Waals surface area contributed by atoms with Gasteiger partial charge in [0.1, 0.15) is 0 Å². The summed E-state index contributed by atoms with van der Waals surface area (Å²) in [5.74, 6) is -3.04. The van der Waals surface area contributed by atoms with Gasteiger partial charge in [0.25, 0.3) is 0 Å². The summed E-state index contributed by atoms with van der Waals surface area (Å²) in [6, 6.07) is 6.84. The van der Waals surface area contributed by atoms with Crippen molar-refractivity contribution in [1.29, 1.82) is 0 Å². The van der Waals surface area contributed by atoms with E-state index < -0.39 is 17.5 Å².